The summed E-state index contributed by atoms with van der Waals surface area (Å²) in [5.74, 6) is -1.18. The van der Waals surface area contributed by atoms with Crippen LogP contribution in [0, 0.1) is 0 Å². The summed E-state index contributed by atoms with van der Waals surface area (Å²) in [5.41, 5.74) is 3.38. The van der Waals surface area contributed by atoms with E-state index in [-0.39, 0.29) is 19.4 Å². The lowest BCUT2D eigenvalue weighted by atomic mass is 10.1. The maximum Gasteiger partial charge on any atom is 0.427 e. The number of carbonyl (C=O) groups is 2. The van der Waals surface area contributed by atoms with E-state index in [9.17, 15) is 14.7 Å². The Morgan fingerprint density at radius 1 is 1.30 bits per heavy atom. The molecule has 0 bridgehead atoms. The summed E-state index contributed by atoms with van der Waals surface area (Å²) in [5, 5.41) is 14.4. The molecule has 0 heterocycles. The van der Waals surface area contributed by atoms with Crippen molar-refractivity contribution in [2.24, 2.45) is 5.10 Å². The summed E-state index contributed by atoms with van der Waals surface area (Å²) in [6, 6.07) is 7.14. The molecule has 0 aromatic heterocycles. The van der Waals surface area contributed by atoms with E-state index in [0.29, 0.717) is 11.3 Å². The predicted octanol–water partition coefficient (Wildman–Crippen LogP) is 1.43. The fraction of sp³-hybridized carbons (Fsp3) is 0.308. The number of hydrogen-bond donors (Lipinski definition) is 1. The third kappa shape index (κ3) is 5.83. The number of nitrogens with zero attached hydrogens (tertiary/aromatic N) is 1. The van der Waals surface area contributed by atoms with E-state index in [0.717, 1.165) is 4.47 Å². The van der Waals surface area contributed by atoms with Crippen molar-refractivity contribution in [1.29, 1.82) is 0 Å². The van der Waals surface area contributed by atoms with Crippen LogP contribution < -0.4 is 10.5 Å². The maximum atomic E-state index is 11.2. The molecule has 1 amide bonds. The van der Waals surface area contributed by atoms with Gasteiger partial charge in [-0.3, -0.25) is 0 Å². The Hall–Kier alpha value is -1.89. The lowest BCUT2D eigenvalue weighted by Crippen LogP contribution is -2.24. The Morgan fingerprint density at radius 2 is 1.95 bits per heavy atom. The molecule has 20 heavy (non-hydrogen) atoms. The number of nitrogens with one attached hydrogen (secondary N) is 1. The van der Waals surface area contributed by atoms with Crippen LogP contribution in [0.25, 0.3) is 0 Å². The van der Waals surface area contributed by atoms with E-state index in [1.54, 1.807) is 31.2 Å². The highest BCUT2D eigenvalue weighted by atomic mass is 79.9. The molecular weight excluding hydrogens is 328 g/mol. The molecule has 7 heteroatoms. The number of ether oxygens (including phenoxy) is 1. The van der Waals surface area contributed by atoms with Crippen LogP contribution in [0.3, 0.4) is 0 Å². The molecule has 0 saturated heterocycles. The number of amides is 1. The van der Waals surface area contributed by atoms with Gasteiger partial charge in [0.15, 0.2) is 0 Å². The van der Waals surface area contributed by atoms with Crippen LogP contribution in [-0.4, -0.2) is 24.4 Å². The first kappa shape index (κ1) is 16.2. The van der Waals surface area contributed by atoms with Crippen LogP contribution in [-0.2, 0) is 9.53 Å². The maximum absolute atomic E-state index is 11.2. The van der Waals surface area contributed by atoms with Gasteiger partial charge in [0.05, 0.1) is 12.3 Å². The average Bonchev–Trinajstić information content (AvgIpc) is 2.40. The van der Waals surface area contributed by atoms with Crippen molar-refractivity contribution in [3.8, 4) is 0 Å². The number of hydrogen-bond acceptors (Lipinski definition) is 5. The summed E-state index contributed by atoms with van der Waals surface area (Å²) in [4.78, 5) is 21.7. The highest BCUT2D eigenvalue weighted by molar-refractivity contribution is 9.10. The van der Waals surface area contributed by atoms with Gasteiger partial charge in [-0.1, -0.05) is 28.1 Å². The minimum Gasteiger partial charge on any atom is -0.550 e. The highest BCUT2D eigenvalue weighted by Gasteiger charge is 2.06. The van der Waals surface area contributed by atoms with Crippen molar-refractivity contribution in [2.75, 3.05) is 6.61 Å². The van der Waals surface area contributed by atoms with Gasteiger partial charge < -0.3 is 14.6 Å². The zero-order valence-corrected chi connectivity index (χ0v) is 12.5. The minimum atomic E-state index is -1.18. The van der Waals surface area contributed by atoms with E-state index < -0.39 is 12.1 Å². The van der Waals surface area contributed by atoms with Gasteiger partial charge in [-0.05, 0) is 37.5 Å². The molecule has 0 spiro atoms. The minimum absolute atomic E-state index is 0.149. The van der Waals surface area contributed by atoms with Gasteiger partial charge >= 0.3 is 6.09 Å². The summed E-state index contributed by atoms with van der Waals surface area (Å²) in [6.45, 7) is 1.91. The van der Waals surface area contributed by atoms with Gasteiger partial charge in [0.1, 0.15) is 0 Å². The van der Waals surface area contributed by atoms with Crippen LogP contribution in [0.15, 0.2) is 33.8 Å². The number of aliphatic carboxylic acids is 1. The summed E-state index contributed by atoms with van der Waals surface area (Å²) in [7, 11) is 0. The fourth-order valence-corrected chi connectivity index (χ4v) is 1.67. The molecule has 0 aliphatic carbocycles. The van der Waals surface area contributed by atoms with Crippen molar-refractivity contribution < 1.29 is 19.4 Å². The van der Waals surface area contributed by atoms with Crippen molar-refractivity contribution in [2.45, 2.75) is 19.8 Å². The van der Waals surface area contributed by atoms with E-state index >= 15 is 0 Å². The average molecular weight is 342 g/mol. The molecule has 0 radical (unpaired) electrons. The number of rotatable bonds is 6. The van der Waals surface area contributed by atoms with Gasteiger partial charge in [-0.15, -0.1) is 0 Å². The van der Waals surface area contributed by atoms with Gasteiger partial charge in [-0.2, -0.15) is 5.10 Å². The second-order valence-electron chi connectivity index (χ2n) is 3.77. The van der Waals surface area contributed by atoms with Gasteiger partial charge in [0.25, 0.3) is 0 Å². The van der Waals surface area contributed by atoms with E-state index in [4.69, 9.17) is 0 Å². The molecule has 1 aromatic carbocycles. The number of carboxylic acids is 1. The Morgan fingerprint density at radius 3 is 2.50 bits per heavy atom. The smallest absolute Gasteiger partial charge is 0.427 e. The second kappa shape index (κ2) is 8.31. The van der Waals surface area contributed by atoms with Gasteiger partial charge in [0.2, 0.25) is 0 Å². The zero-order chi connectivity index (χ0) is 15.0. The Balaban J connectivity index is 2.83. The zero-order valence-electron chi connectivity index (χ0n) is 10.9. The Kier molecular flexibility index (Phi) is 6.72. The first-order chi connectivity index (χ1) is 9.52. The Labute approximate surface area is 124 Å². The van der Waals surface area contributed by atoms with Crippen LogP contribution in [0.5, 0.6) is 0 Å². The van der Waals surface area contributed by atoms with Gasteiger partial charge in [-0.25, -0.2) is 10.2 Å². The number of carbonyl (C=O) groups excluding carboxylic acids is 2. The standard InChI is InChI=1S/C13H15BrN2O4/c1-2-20-13(19)16-15-11(7-8-12(17)18)9-3-5-10(14)6-4-9/h3-6H,2,7-8H2,1H3,(H,16,19)(H,17,18)/p-1/b15-11-. The largest absolute Gasteiger partial charge is 0.550 e. The lowest BCUT2D eigenvalue weighted by molar-refractivity contribution is -0.305. The summed E-state index contributed by atoms with van der Waals surface area (Å²) in [6.07, 6.45) is -0.717. The molecule has 1 aromatic rings. The number of halogens is 1. The molecule has 6 nitrogen and oxygen atoms in total. The van der Waals surface area contributed by atoms with Crippen LogP contribution in [0.1, 0.15) is 25.3 Å². The molecule has 0 unspecified atom stereocenters. The summed E-state index contributed by atoms with van der Waals surface area (Å²) < 4.78 is 5.57. The van der Waals surface area contributed by atoms with E-state index in [1.807, 2.05) is 0 Å². The molecule has 0 fully saturated rings. The van der Waals surface area contributed by atoms with Crippen molar-refractivity contribution in [1.82, 2.24) is 5.43 Å². The van der Waals surface area contributed by atoms with Crippen LogP contribution in [0.2, 0.25) is 0 Å². The monoisotopic (exact) mass is 341 g/mol. The summed E-state index contributed by atoms with van der Waals surface area (Å²) >= 11 is 3.31. The highest BCUT2D eigenvalue weighted by Crippen LogP contribution is 2.13. The second-order valence-corrected chi connectivity index (χ2v) is 4.69. The number of benzene rings is 1. The molecule has 1 N–H and O–H groups in total. The molecule has 108 valence electrons. The molecule has 0 aliphatic rings. The third-order valence-corrected chi connectivity index (χ3v) is 2.83. The third-order valence-electron chi connectivity index (χ3n) is 2.30. The molecule has 0 aliphatic heterocycles. The molecular formula is C13H14BrN2O4-. The van der Waals surface area contributed by atoms with Crippen molar-refractivity contribution >= 4 is 33.7 Å². The van der Waals surface area contributed by atoms with E-state index in [1.165, 1.54) is 0 Å². The van der Waals surface area contributed by atoms with Crippen LogP contribution in [0.4, 0.5) is 4.79 Å². The quantitative estimate of drug-likeness (QED) is 0.625. The molecule has 0 saturated carbocycles. The first-order valence-electron chi connectivity index (χ1n) is 5.98. The number of hydrazone groups is 1. The first-order valence-corrected chi connectivity index (χ1v) is 6.77. The number of carboxylic acid groups (broad SMARTS) is 1. The van der Waals surface area contributed by atoms with E-state index in [2.05, 4.69) is 31.2 Å². The molecule has 0 atom stereocenters. The lowest BCUT2D eigenvalue weighted by Gasteiger charge is -2.08. The SMILES string of the molecule is CCOC(=O)N/N=C(/CCC(=O)[O-])c1ccc(Br)cc1. The molecule has 1 rings (SSSR count). The van der Waals surface area contributed by atoms with Crippen LogP contribution >= 0.6 is 15.9 Å². The van der Waals surface area contributed by atoms with Crippen molar-refractivity contribution in [3.63, 3.8) is 0 Å². The van der Waals surface area contributed by atoms with Crippen molar-refractivity contribution in [3.05, 3.63) is 34.3 Å². The Bertz CT molecular complexity index is 500. The topological polar surface area (TPSA) is 90.8 Å². The predicted molar refractivity (Wildman–Crippen MR) is 75.1 cm³/mol. The fourth-order valence-electron chi connectivity index (χ4n) is 1.40. The van der Waals surface area contributed by atoms with Gasteiger partial charge in [0, 0.05) is 10.4 Å². The normalized spacial score (nSPS) is 11.0.